The zero-order valence-electron chi connectivity index (χ0n) is 13.2. The summed E-state index contributed by atoms with van der Waals surface area (Å²) in [6.45, 7) is 3.91. The monoisotopic (exact) mass is 310 g/mol. The summed E-state index contributed by atoms with van der Waals surface area (Å²) in [6, 6.07) is 17.7. The molecular formula is C19H22N2O2. The lowest BCUT2D eigenvalue weighted by Crippen LogP contribution is -2.46. The molecule has 0 unspecified atom stereocenters. The van der Waals surface area contributed by atoms with Gasteiger partial charge in [-0.1, -0.05) is 30.3 Å². The molecule has 0 atom stereocenters. The van der Waals surface area contributed by atoms with Crippen LogP contribution in [0.15, 0.2) is 54.6 Å². The Labute approximate surface area is 137 Å². The third-order valence-electron chi connectivity index (χ3n) is 4.01. The van der Waals surface area contributed by atoms with Gasteiger partial charge < -0.3 is 15.0 Å². The van der Waals surface area contributed by atoms with Crippen molar-refractivity contribution in [2.45, 2.75) is 6.42 Å². The number of carbonyl (C=O) groups excluding carboxylic acids is 1. The van der Waals surface area contributed by atoms with Gasteiger partial charge >= 0.3 is 0 Å². The number of ether oxygens (including phenoxy) is 1. The van der Waals surface area contributed by atoms with Crippen molar-refractivity contribution >= 4 is 5.91 Å². The predicted molar refractivity (Wildman–Crippen MR) is 90.9 cm³/mol. The zero-order chi connectivity index (χ0) is 15.9. The van der Waals surface area contributed by atoms with Crippen LogP contribution >= 0.6 is 0 Å². The van der Waals surface area contributed by atoms with Gasteiger partial charge in [-0.05, 0) is 29.8 Å². The van der Waals surface area contributed by atoms with Gasteiger partial charge in [0.1, 0.15) is 5.75 Å². The first-order chi connectivity index (χ1) is 11.3. The van der Waals surface area contributed by atoms with Crippen LogP contribution in [0.1, 0.15) is 15.9 Å². The quantitative estimate of drug-likeness (QED) is 0.922. The van der Waals surface area contributed by atoms with E-state index in [9.17, 15) is 4.79 Å². The second-order valence-electron chi connectivity index (χ2n) is 5.65. The molecule has 1 fully saturated rings. The average Bonchev–Trinajstić information content (AvgIpc) is 2.63. The standard InChI is InChI=1S/C19H22N2O2/c22-19(21-13-11-20-12-14-21)17-6-8-18(9-7-17)23-15-10-16-4-2-1-3-5-16/h1-9,20H,10-15H2. The Hall–Kier alpha value is -2.33. The van der Waals surface area contributed by atoms with Gasteiger partial charge in [0.05, 0.1) is 6.61 Å². The molecule has 0 spiro atoms. The molecule has 1 aliphatic rings. The zero-order valence-corrected chi connectivity index (χ0v) is 13.2. The minimum absolute atomic E-state index is 0.0994. The molecule has 120 valence electrons. The Morgan fingerprint density at radius 3 is 2.39 bits per heavy atom. The van der Waals surface area contributed by atoms with Gasteiger partial charge in [-0.25, -0.2) is 0 Å². The van der Waals surface area contributed by atoms with Crippen molar-refractivity contribution < 1.29 is 9.53 Å². The summed E-state index contributed by atoms with van der Waals surface area (Å²) in [4.78, 5) is 14.3. The van der Waals surface area contributed by atoms with E-state index in [2.05, 4.69) is 17.4 Å². The highest BCUT2D eigenvalue weighted by atomic mass is 16.5. The second-order valence-corrected chi connectivity index (χ2v) is 5.65. The number of piperazine rings is 1. The maximum atomic E-state index is 12.4. The topological polar surface area (TPSA) is 41.6 Å². The van der Waals surface area contributed by atoms with Crippen LogP contribution in [0.3, 0.4) is 0 Å². The highest BCUT2D eigenvalue weighted by molar-refractivity contribution is 5.94. The summed E-state index contributed by atoms with van der Waals surface area (Å²) >= 11 is 0. The molecule has 2 aromatic rings. The molecule has 0 radical (unpaired) electrons. The van der Waals surface area contributed by atoms with E-state index < -0.39 is 0 Å². The Kier molecular flexibility index (Phi) is 5.27. The van der Waals surface area contributed by atoms with Gasteiger partial charge in [0, 0.05) is 38.2 Å². The molecule has 1 N–H and O–H groups in total. The van der Waals surface area contributed by atoms with E-state index >= 15 is 0 Å². The van der Waals surface area contributed by atoms with Crippen LogP contribution in [0.25, 0.3) is 0 Å². The molecule has 4 heteroatoms. The molecule has 3 rings (SSSR count). The Morgan fingerprint density at radius 2 is 1.70 bits per heavy atom. The Bertz CT molecular complexity index is 620. The number of hydrogen-bond donors (Lipinski definition) is 1. The van der Waals surface area contributed by atoms with Crippen LogP contribution in [0, 0.1) is 0 Å². The van der Waals surface area contributed by atoms with Gasteiger partial charge in [0.2, 0.25) is 0 Å². The maximum absolute atomic E-state index is 12.4. The highest BCUT2D eigenvalue weighted by Crippen LogP contribution is 2.14. The van der Waals surface area contributed by atoms with E-state index in [4.69, 9.17) is 4.74 Å². The lowest BCUT2D eigenvalue weighted by molar-refractivity contribution is 0.0736. The molecule has 1 aliphatic heterocycles. The molecule has 23 heavy (non-hydrogen) atoms. The van der Waals surface area contributed by atoms with Gasteiger partial charge in [-0.3, -0.25) is 4.79 Å². The minimum Gasteiger partial charge on any atom is -0.493 e. The molecule has 4 nitrogen and oxygen atoms in total. The lowest BCUT2D eigenvalue weighted by atomic mass is 10.1. The molecule has 0 bridgehead atoms. The first-order valence-corrected chi connectivity index (χ1v) is 8.10. The summed E-state index contributed by atoms with van der Waals surface area (Å²) in [7, 11) is 0. The van der Waals surface area contributed by atoms with Crippen LogP contribution < -0.4 is 10.1 Å². The fourth-order valence-electron chi connectivity index (χ4n) is 2.68. The van der Waals surface area contributed by atoms with Crippen molar-refractivity contribution in [3.8, 4) is 5.75 Å². The van der Waals surface area contributed by atoms with E-state index in [0.29, 0.717) is 6.61 Å². The minimum atomic E-state index is 0.0994. The van der Waals surface area contributed by atoms with Gasteiger partial charge in [-0.15, -0.1) is 0 Å². The van der Waals surface area contributed by atoms with Crippen LogP contribution in [-0.4, -0.2) is 43.6 Å². The van der Waals surface area contributed by atoms with E-state index in [0.717, 1.165) is 43.9 Å². The number of rotatable bonds is 5. The normalized spacial score (nSPS) is 14.5. The molecule has 0 saturated carbocycles. The predicted octanol–water partition coefficient (Wildman–Crippen LogP) is 2.35. The van der Waals surface area contributed by atoms with Crippen molar-refractivity contribution in [2.75, 3.05) is 32.8 Å². The number of carbonyl (C=O) groups is 1. The molecule has 1 saturated heterocycles. The van der Waals surface area contributed by atoms with E-state index in [-0.39, 0.29) is 5.91 Å². The molecule has 0 aromatic heterocycles. The Morgan fingerprint density at radius 1 is 1.00 bits per heavy atom. The maximum Gasteiger partial charge on any atom is 0.253 e. The first kappa shape index (κ1) is 15.6. The van der Waals surface area contributed by atoms with E-state index in [1.54, 1.807) is 0 Å². The first-order valence-electron chi connectivity index (χ1n) is 8.10. The summed E-state index contributed by atoms with van der Waals surface area (Å²) in [5, 5.41) is 3.25. The molecular weight excluding hydrogens is 288 g/mol. The van der Waals surface area contributed by atoms with Crippen molar-refractivity contribution in [1.82, 2.24) is 10.2 Å². The van der Waals surface area contributed by atoms with Gasteiger partial charge in [0.25, 0.3) is 5.91 Å². The molecule has 0 aliphatic carbocycles. The fraction of sp³-hybridized carbons (Fsp3) is 0.316. The van der Waals surface area contributed by atoms with Crippen LogP contribution in [-0.2, 0) is 6.42 Å². The summed E-state index contributed by atoms with van der Waals surface area (Å²) < 4.78 is 5.76. The highest BCUT2D eigenvalue weighted by Gasteiger charge is 2.17. The molecule has 2 aromatic carbocycles. The third kappa shape index (κ3) is 4.33. The second kappa shape index (κ2) is 7.79. The number of amides is 1. The van der Waals surface area contributed by atoms with Crippen LogP contribution in [0.5, 0.6) is 5.75 Å². The summed E-state index contributed by atoms with van der Waals surface area (Å²) in [5.74, 6) is 0.903. The molecule has 1 amide bonds. The van der Waals surface area contributed by atoms with Crippen molar-refractivity contribution in [2.24, 2.45) is 0 Å². The van der Waals surface area contributed by atoms with Gasteiger partial charge in [-0.2, -0.15) is 0 Å². The van der Waals surface area contributed by atoms with Crippen LogP contribution in [0.4, 0.5) is 0 Å². The smallest absolute Gasteiger partial charge is 0.253 e. The number of nitrogens with one attached hydrogen (secondary N) is 1. The van der Waals surface area contributed by atoms with Crippen molar-refractivity contribution in [3.63, 3.8) is 0 Å². The summed E-state index contributed by atoms with van der Waals surface area (Å²) in [5.41, 5.74) is 1.99. The number of benzene rings is 2. The van der Waals surface area contributed by atoms with Crippen molar-refractivity contribution in [1.29, 1.82) is 0 Å². The van der Waals surface area contributed by atoms with E-state index in [1.807, 2.05) is 47.4 Å². The number of hydrogen-bond acceptors (Lipinski definition) is 3. The number of nitrogens with zero attached hydrogens (tertiary/aromatic N) is 1. The fourth-order valence-corrected chi connectivity index (χ4v) is 2.68. The SMILES string of the molecule is O=C(c1ccc(OCCc2ccccc2)cc1)N1CCNCC1. The third-order valence-corrected chi connectivity index (χ3v) is 4.01. The van der Waals surface area contributed by atoms with E-state index in [1.165, 1.54) is 5.56 Å². The largest absolute Gasteiger partial charge is 0.493 e. The van der Waals surface area contributed by atoms with Crippen LogP contribution in [0.2, 0.25) is 0 Å². The lowest BCUT2D eigenvalue weighted by Gasteiger charge is -2.27. The van der Waals surface area contributed by atoms with Crippen molar-refractivity contribution in [3.05, 3.63) is 65.7 Å². The van der Waals surface area contributed by atoms with Gasteiger partial charge in [0.15, 0.2) is 0 Å². The molecule has 1 heterocycles. The summed E-state index contributed by atoms with van der Waals surface area (Å²) in [6.07, 6.45) is 0.877. The Balaban J connectivity index is 1.51. The average molecular weight is 310 g/mol.